The number of rotatable bonds is 8. The van der Waals surface area contributed by atoms with Crippen LogP contribution >= 0.6 is 0 Å². The van der Waals surface area contributed by atoms with Gasteiger partial charge in [-0.1, -0.05) is 25.0 Å². The molecule has 2 N–H and O–H groups in total. The lowest BCUT2D eigenvalue weighted by atomic mass is 9.77. The molecule has 1 aliphatic heterocycles. The molecule has 1 amide bonds. The fourth-order valence-electron chi connectivity index (χ4n) is 6.71. The van der Waals surface area contributed by atoms with Gasteiger partial charge in [0.2, 0.25) is 0 Å². The molecule has 1 aromatic carbocycles. The molecule has 3 fully saturated rings. The van der Waals surface area contributed by atoms with Crippen LogP contribution in [-0.2, 0) is 0 Å². The van der Waals surface area contributed by atoms with Crippen LogP contribution in [0.2, 0.25) is 0 Å². The van der Waals surface area contributed by atoms with E-state index in [0.717, 1.165) is 49.4 Å². The van der Waals surface area contributed by atoms with Gasteiger partial charge in [0.05, 0.1) is 18.1 Å². The van der Waals surface area contributed by atoms with Crippen molar-refractivity contribution in [3.05, 3.63) is 60.2 Å². The zero-order valence-electron chi connectivity index (χ0n) is 23.8. The van der Waals surface area contributed by atoms with Crippen molar-refractivity contribution in [2.45, 2.75) is 76.8 Å². The van der Waals surface area contributed by atoms with Crippen LogP contribution in [0.25, 0.3) is 17.0 Å². The molecule has 0 radical (unpaired) electrons. The summed E-state index contributed by atoms with van der Waals surface area (Å²) in [6.07, 6.45) is 14.6. The Bertz CT molecular complexity index is 1520. The van der Waals surface area contributed by atoms with E-state index in [1.54, 1.807) is 6.20 Å². The highest BCUT2D eigenvalue weighted by Gasteiger charge is 2.31. The number of oxazole rings is 1. The quantitative estimate of drug-likeness (QED) is 0.282. The smallest absolute Gasteiger partial charge is 0.295 e. The van der Waals surface area contributed by atoms with Crippen LogP contribution in [0.15, 0.2) is 53.2 Å². The molecule has 3 aromatic heterocycles. The maximum absolute atomic E-state index is 12.5. The molecule has 3 aliphatic rings. The molecule has 4 heterocycles. The number of amides is 1. The maximum atomic E-state index is 12.5. The Kier molecular flexibility index (Phi) is 7.10. The van der Waals surface area contributed by atoms with Gasteiger partial charge in [0.15, 0.2) is 11.4 Å². The number of aryl methyl sites for hydroxylation is 1. The number of carbonyl (C=O) groups excluding carboxylic acids is 1. The van der Waals surface area contributed by atoms with Crippen LogP contribution in [0.1, 0.15) is 74.0 Å². The molecule has 1 saturated heterocycles. The van der Waals surface area contributed by atoms with E-state index in [2.05, 4.69) is 48.9 Å². The number of aromatic nitrogens is 4. The first kappa shape index (κ1) is 26.0. The molecule has 2 saturated carbocycles. The summed E-state index contributed by atoms with van der Waals surface area (Å²) in [4.78, 5) is 24.1. The Morgan fingerprint density at radius 1 is 1.07 bits per heavy atom. The van der Waals surface area contributed by atoms with Crippen molar-refractivity contribution < 1.29 is 9.21 Å². The number of piperidine rings is 1. The fourth-order valence-corrected chi connectivity index (χ4v) is 6.71. The van der Waals surface area contributed by atoms with E-state index in [9.17, 15) is 4.79 Å². The topological polar surface area (TPSA) is 101 Å². The van der Waals surface area contributed by atoms with Gasteiger partial charge in [-0.3, -0.25) is 4.79 Å². The highest BCUT2D eigenvalue weighted by atomic mass is 16.4. The molecule has 7 rings (SSSR count). The second kappa shape index (κ2) is 11.2. The molecular weight excluding hydrogens is 514 g/mol. The van der Waals surface area contributed by atoms with Gasteiger partial charge in [0.25, 0.3) is 11.9 Å². The molecule has 9 nitrogen and oxygen atoms in total. The first-order valence-corrected chi connectivity index (χ1v) is 15.3. The van der Waals surface area contributed by atoms with Crippen LogP contribution in [0.5, 0.6) is 0 Å². The molecule has 0 unspecified atom stereocenters. The van der Waals surface area contributed by atoms with Crippen molar-refractivity contribution in [3.63, 3.8) is 0 Å². The summed E-state index contributed by atoms with van der Waals surface area (Å²) in [6, 6.07) is 13.1. The van der Waals surface area contributed by atoms with Gasteiger partial charge < -0.3 is 20.0 Å². The zero-order valence-corrected chi connectivity index (χ0v) is 23.8. The van der Waals surface area contributed by atoms with Crippen molar-refractivity contribution in [1.82, 2.24) is 24.9 Å². The van der Waals surface area contributed by atoms with Gasteiger partial charge in [-0.05, 0) is 88.0 Å². The van der Waals surface area contributed by atoms with E-state index in [1.165, 1.54) is 44.2 Å². The SMILES string of the molecule is Cc1nc2ccc(N3CCC[C@H](C[C@@H]4CCCC[C@H]4Nc4ncc(-c5cccc(C(=O)NC6CC6)c5)o4)C3)cn2n1. The fraction of sp³-hybridized carbons (Fsp3) is 0.500. The third-order valence-electron chi connectivity index (χ3n) is 8.99. The third kappa shape index (κ3) is 5.94. The summed E-state index contributed by atoms with van der Waals surface area (Å²) in [7, 11) is 0. The normalized spacial score (nSPS) is 23.0. The van der Waals surface area contributed by atoms with Gasteiger partial charge in [-0.25, -0.2) is 14.5 Å². The van der Waals surface area contributed by atoms with Crippen LogP contribution in [0.4, 0.5) is 11.7 Å². The summed E-state index contributed by atoms with van der Waals surface area (Å²) in [6.45, 7) is 4.10. The minimum absolute atomic E-state index is 0.0208. The monoisotopic (exact) mass is 553 g/mol. The van der Waals surface area contributed by atoms with E-state index >= 15 is 0 Å². The lowest BCUT2D eigenvalue weighted by Gasteiger charge is -2.39. The maximum Gasteiger partial charge on any atom is 0.295 e. The van der Waals surface area contributed by atoms with Crippen molar-refractivity contribution in [1.29, 1.82) is 0 Å². The number of carbonyl (C=O) groups is 1. The largest absolute Gasteiger partial charge is 0.424 e. The predicted molar refractivity (Wildman–Crippen MR) is 159 cm³/mol. The summed E-state index contributed by atoms with van der Waals surface area (Å²) in [5, 5.41) is 11.2. The van der Waals surface area contributed by atoms with E-state index in [4.69, 9.17) is 4.42 Å². The first-order chi connectivity index (χ1) is 20.1. The summed E-state index contributed by atoms with van der Waals surface area (Å²) >= 11 is 0. The van der Waals surface area contributed by atoms with Crippen LogP contribution in [-0.4, -0.2) is 50.7 Å². The van der Waals surface area contributed by atoms with E-state index in [-0.39, 0.29) is 5.91 Å². The second-order valence-electron chi connectivity index (χ2n) is 12.2. The van der Waals surface area contributed by atoms with Gasteiger partial charge >= 0.3 is 0 Å². The van der Waals surface area contributed by atoms with Crippen molar-refractivity contribution in [2.24, 2.45) is 11.8 Å². The number of benzene rings is 1. The average molecular weight is 554 g/mol. The Morgan fingerprint density at radius 3 is 2.88 bits per heavy atom. The first-order valence-electron chi connectivity index (χ1n) is 15.3. The lowest BCUT2D eigenvalue weighted by molar-refractivity contribution is 0.0951. The summed E-state index contributed by atoms with van der Waals surface area (Å²) < 4.78 is 8.08. The van der Waals surface area contributed by atoms with E-state index < -0.39 is 0 Å². The van der Waals surface area contributed by atoms with E-state index in [1.807, 2.05) is 35.7 Å². The number of nitrogens with one attached hydrogen (secondary N) is 2. The number of anilines is 2. The molecule has 214 valence electrons. The number of nitrogens with zero attached hydrogens (tertiary/aromatic N) is 5. The van der Waals surface area contributed by atoms with Crippen LogP contribution in [0, 0.1) is 18.8 Å². The minimum atomic E-state index is -0.0208. The minimum Gasteiger partial charge on any atom is -0.424 e. The summed E-state index contributed by atoms with van der Waals surface area (Å²) in [5.74, 6) is 2.72. The Balaban J connectivity index is 0.995. The highest BCUT2D eigenvalue weighted by Crippen LogP contribution is 2.36. The predicted octanol–water partition coefficient (Wildman–Crippen LogP) is 5.86. The van der Waals surface area contributed by atoms with Gasteiger partial charge in [0, 0.05) is 36.3 Å². The lowest BCUT2D eigenvalue weighted by Crippen LogP contribution is -2.39. The molecule has 0 spiro atoms. The van der Waals surface area contributed by atoms with Gasteiger partial charge in [-0.15, -0.1) is 0 Å². The van der Waals surface area contributed by atoms with Crippen molar-refractivity contribution >= 4 is 23.3 Å². The molecule has 4 aromatic rings. The summed E-state index contributed by atoms with van der Waals surface area (Å²) in [5.41, 5.74) is 3.66. The Labute approximate surface area is 240 Å². The molecule has 2 aliphatic carbocycles. The highest BCUT2D eigenvalue weighted by molar-refractivity contribution is 5.95. The number of hydrogen-bond donors (Lipinski definition) is 2. The molecule has 0 bridgehead atoms. The van der Waals surface area contributed by atoms with Gasteiger partial charge in [0.1, 0.15) is 5.82 Å². The standard InChI is InChI=1S/C32H39N7O2/c1-21-34-30-14-13-27(20-39(30)37-21)38-15-5-6-22(19-38)16-23-7-2-3-10-28(23)36-32-33-18-29(41-32)24-8-4-9-25(17-24)31(40)35-26-11-12-26/h4,8-9,13-14,17-18,20,22-23,26,28H,2-3,5-7,10-12,15-16,19H2,1H3,(H,33,36)(H,35,40)/t22-,23+,28-/m1/s1. The molecule has 9 heteroatoms. The van der Waals surface area contributed by atoms with Crippen LogP contribution in [0.3, 0.4) is 0 Å². The third-order valence-corrected chi connectivity index (χ3v) is 8.99. The second-order valence-corrected chi connectivity index (χ2v) is 12.2. The Hall–Kier alpha value is -3.88. The van der Waals surface area contributed by atoms with Gasteiger partial charge in [-0.2, -0.15) is 5.10 Å². The molecule has 3 atom stereocenters. The molecular formula is C32H39N7O2. The van der Waals surface area contributed by atoms with Crippen LogP contribution < -0.4 is 15.5 Å². The number of pyridine rings is 1. The van der Waals surface area contributed by atoms with Crippen molar-refractivity contribution in [3.8, 4) is 11.3 Å². The molecule has 41 heavy (non-hydrogen) atoms. The Morgan fingerprint density at radius 2 is 1.98 bits per heavy atom. The number of hydrogen-bond acceptors (Lipinski definition) is 7. The zero-order chi connectivity index (χ0) is 27.8. The average Bonchev–Trinajstić information content (AvgIpc) is 3.54. The number of fused-ring (bicyclic) bond motifs is 1. The van der Waals surface area contributed by atoms with Crippen molar-refractivity contribution in [2.75, 3.05) is 23.3 Å². The van der Waals surface area contributed by atoms with E-state index in [0.29, 0.717) is 41.3 Å².